The van der Waals surface area contributed by atoms with Crippen LogP contribution >= 0.6 is 11.8 Å². The van der Waals surface area contributed by atoms with Gasteiger partial charge in [-0.2, -0.15) is 11.8 Å². The van der Waals surface area contributed by atoms with E-state index in [1.54, 1.807) is 0 Å². The summed E-state index contributed by atoms with van der Waals surface area (Å²) in [5, 5.41) is 13.5. The molecule has 0 spiro atoms. The Balaban J connectivity index is 2.03. The second-order valence-corrected chi connectivity index (χ2v) is 7.17. The maximum absolute atomic E-state index is 12.7. The highest BCUT2D eigenvalue weighted by molar-refractivity contribution is 7.99. The molecule has 1 saturated heterocycles. The molecule has 22 heavy (non-hydrogen) atoms. The molecule has 2 N–H and O–H groups in total. The molecular formula is C17H26N2O2S. The average Bonchev–Trinajstić information content (AvgIpc) is 2.55. The highest BCUT2D eigenvalue weighted by Gasteiger charge is 2.32. The lowest BCUT2D eigenvalue weighted by molar-refractivity contribution is -0.127. The van der Waals surface area contributed by atoms with E-state index < -0.39 is 5.60 Å². The van der Waals surface area contributed by atoms with Gasteiger partial charge in [0.15, 0.2) is 0 Å². The number of nitrogens with zero attached hydrogens (tertiary/aromatic N) is 1. The molecule has 0 bridgehead atoms. The van der Waals surface area contributed by atoms with Crippen molar-refractivity contribution in [1.82, 2.24) is 10.2 Å². The summed E-state index contributed by atoms with van der Waals surface area (Å²) in [6, 6.07) is 9.49. The SMILES string of the molecule is CCN(C)C(C(=O)NCC1(O)CCSCC1)c1ccccc1. The Morgan fingerprint density at radius 2 is 2.00 bits per heavy atom. The first-order valence-electron chi connectivity index (χ1n) is 7.89. The molecule has 1 unspecified atom stereocenters. The van der Waals surface area contributed by atoms with Gasteiger partial charge in [0.2, 0.25) is 5.91 Å². The van der Waals surface area contributed by atoms with E-state index in [4.69, 9.17) is 0 Å². The number of hydrogen-bond donors (Lipinski definition) is 2. The average molecular weight is 322 g/mol. The van der Waals surface area contributed by atoms with E-state index in [1.165, 1.54) is 0 Å². The number of hydrogen-bond acceptors (Lipinski definition) is 4. The van der Waals surface area contributed by atoms with Gasteiger partial charge in [-0.1, -0.05) is 37.3 Å². The van der Waals surface area contributed by atoms with Crippen LogP contribution in [0.15, 0.2) is 30.3 Å². The summed E-state index contributed by atoms with van der Waals surface area (Å²) in [6.45, 7) is 3.16. The number of nitrogens with one attached hydrogen (secondary N) is 1. The Morgan fingerprint density at radius 1 is 1.36 bits per heavy atom. The quantitative estimate of drug-likeness (QED) is 0.842. The van der Waals surface area contributed by atoms with Crippen molar-refractivity contribution in [3.8, 4) is 0 Å². The van der Waals surface area contributed by atoms with Gasteiger partial charge in [0, 0.05) is 6.54 Å². The lowest BCUT2D eigenvalue weighted by atomic mass is 9.96. The van der Waals surface area contributed by atoms with Crippen LogP contribution in [0.1, 0.15) is 31.4 Å². The maximum Gasteiger partial charge on any atom is 0.242 e. The Labute approximate surface area is 137 Å². The Morgan fingerprint density at radius 3 is 2.59 bits per heavy atom. The number of aliphatic hydroxyl groups is 1. The molecule has 1 aliphatic rings. The van der Waals surface area contributed by atoms with Gasteiger partial charge >= 0.3 is 0 Å². The van der Waals surface area contributed by atoms with Gasteiger partial charge in [0.1, 0.15) is 6.04 Å². The highest BCUT2D eigenvalue weighted by atomic mass is 32.2. The number of carbonyl (C=O) groups is 1. The number of thioether (sulfide) groups is 1. The summed E-state index contributed by atoms with van der Waals surface area (Å²) in [5.41, 5.74) is 0.239. The lowest BCUT2D eigenvalue weighted by Gasteiger charge is -2.33. The minimum Gasteiger partial charge on any atom is -0.388 e. The van der Waals surface area contributed by atoms with Crippen molar-refractivity contribution in [2.75, 3.05) is 31.6 Å². The zero-order valence-corrected chi connectivity index (χ0v) is 14.2. The summed E-state index contributed by atoms with van der Waals surface area (Å²) < 4.78 is 0. The van der Waals surface area contributed by atoms with Crippen LogP contribution in [-0.4, -0.2) is 53.2 Å². The third-order valence-corrected chi connectivity index (χ3v) is 5.30. The van der Waals surface area contributed by atoms with Gasteiger partial charge in [-0.05, 0) is 43.5 Å². The summed E-state index contributed by atoms with van der Waals surface area (Å²) in [7, 11) is 1.95. The summed E-state index contributed by atoms with van der Waals surface area (Å²) in [6.07, 6.45) is 1.50. The van der Waals surface area contributed by atoms with E-state index in [1.807, 2.05) is 61.0 Å². The molecule has 1 amide bonds. The second kappa shape index (κ2) is 7.99. The largest absolute Gasteiger partial charge is 0.388 e. The molecule has 1 aliphatic heterocycles. The minimum absolute atomic E-state index is 0.0396. The molecule has 1 atom stereocenters. The highest BCUT2D eigenvalue weighted by Crippen LogP contribution is 2.26. The molecule has 2 rings (SSSR count). The van der Waals surface area contributed by atoms with E-state index in [-0.39, 0.29) is 11.9 Å². The van der Waals surface area contributed by atoms with Crippen LogP contribution in [-0.2, 0) is 4.79 Å². The molecule has 122 valence electrons. The first-order valence-corrected chi connectivity index (χ1v) is 9.04. The molecule has 1 heterocycles. The Bertz CT molecular complexity index is 475. The van der Waals surface area contributed by atoms with Gasteiger partial charge in [0.25, 0.3) is 0 Å². The molecule has 1 aromatic carbocycles. The lowest BCUT2D eigenvalue weighted by Crippen LogP contribution is -2.48. The zero-order chi connectivity index (χ0) is 16.0. The third kappa shape index (κ3) is 4.48. The predicted molar refractivity (Wildman–Crippen MR) is 92.0 cm³/mol. The Kier molecular flexibility index (Phi) is 6.29. The van der Waals surface area contributed by atoms with Crippen molar-refractivity contribution in [3.63, 3.8) is 0 Å². The number of carbonyl (C=O) groups excluding carboxylic acids is 1. The molecule has 0 aliphatic carbocycles. The molecule has 1 aromatic rings. The first-order chi connectivity index (χ1) is 10.6. The monoisotopic (exact) mass is 322 g/mol. The van der Waals surface area contributed by atoms with Gasteiger partial charge in [-0.25, -0.2) is 0 Å². The van der Waals surface area contributed by atoms with Gasteiger partial charge < -0.3 is 10.4 Å². The zero-order valence-electron chi connectivity index (χ0n) is 13.4. The van der Waals surface area contributed by atoms with E-state index in [0.717, 1.165) is 36.5 Å². The number of amides is 1. The molecule has 4 nitrogen and oxygen atoms in total. The van der Waals surface area contributed by atoms with Crippen molar-refractivity contribution < 1.29 is 9.90 Å². The molecule has 5 heteroatoms. The molecular weight excluding hydrogens is 296 g/mol. The third-order valence-electron chi connectivity index (χ3n) is 4.32. The van der Waals surface area contributed by atoms with E-state index in [0.29, 0.717) is 6.54 Å². The van der Waals surface area contributed by atoms with Crippen LogP contribution in [0.4, 0.5) is 0 Å². The van der Waals surface area contributed by atoms with Gasteiger partial charge in [-0.3, -0.25) is 9.69 Å². The van der Waals surface area contributed by atoms with E-state index in [2.05, 4.69) is 5.32 Å². The van der Waals surface area contributed by atoms with Crippen LogP contribution in [0.25, 0.3) is 0 Å². The maximum atomic E-state index is 12.7. The predicted octanol–water partition coefficient (Wildman–Crippen LogP) is 2.05. The smallest absolute Gasteiger partial charge is 0.242 e. The van der Waals surface area contributed by atoms with Crippen LogP contribution in [0.3, 0.4) is 0 Å². The van der Waals surface area contributed by atoms with Crippen molar-refractivity contribution in [1.29, 1.82) is 0 Å². The van der Waals surface area contributed by atoms with Crippen molar-refractivity contribution in [3.05, 3.63) is 35.9 Å². The Hall–Kier alpha value is -1.04. The van der Waals surface area contributed by atoms with Crippen molar-refractivity contribution in [2.24, 2.45) is 0 Å². The standard InChI is InChI=1S/C17H26N2O2S/c1-3-19(2)15(14-7-5-4-6-8-14)16(20)18-13-17(21)9-11-22-12-10-17/h4-8,15,21H,3,9-13H2,1-2H3,(H,18,20). The summed E-state index contributed by atoms with van der Waals surface area (Å²) >= 11 is 1.86. The normalized spacial score (nSPS) is 18.9. The first kappa shape index (κ1) is 17.3. The van der Waals surface area contributed by atoms with Crippen LogP contribution in [0, 0.1) is 0 Å². The van der Waals surface area contributed by atoms with E-state index >= 15 is 0 Å². The fourth-order valence-corrected chi connectivity index (χ4v) is 3.95. The second-order valence-electron chi connectivity index (χ2n) is 5.94. The van der Waals surface area contributed by atoms with Crippen molar-refractivity contribution in [2.45, 2.75) is 31.4 Å². The molecule has 0 saturated carbocycles. The van der Waals surface area contributed by atoms with Crippen LogP contribution in [0.5, 0.6) is 0 Å². The topological polar surface area (TPSA) is 52.6 Å². The molecule has 0 aromatic heterocycles. The summed E-state index contributed by atoms with van der Waals surface area (Å²) in [5.74, 6) is 1.88. The van der Waals surface area contributed by atoms with Crippen molar-refractivity contribution >= 4 is 17.7 Å². The van der Waals surface area contributed by atoms with Crippen LogP contribution < -0.4 is 5.32 Å². The van der Waals surface area contributed by atoms with Crippen LogP contribution in [0.2, 0.25) is 0 Å². The van der Waals surface area contributed by atoms with E-state index in [9.17, 15) is 9.90 Å². The number of benzene rings is 1. The molecule has 0 radical (unpaired) electrons. The molecule has 1 fully saturated rings. The number of likely N-dealkylation sites (N-methyl/N-ethyl adjacent to an activating group) is 1. The van der Waals surface area contributed by atoms with Gasteiger partial charge in [-0.15, -0.1) is 0 Å². The minimum atomic E-state index is -0.743. The summed E-state index contributed by atoms with van der Waals surface area (Å²) in [4.78, 5) is 14.7. The fraction of sp³-hybridized carbons (Fsp3) is 0.588. The number of rotatable bonds is 6. The van der Waals surface area contributed by atoms with Gasteiger partial charge in [0.05, 0.1) is 5.60 Å². The fourth-order valence-electron chi connectivity index (χ4n) is 2.70.